The van der Waals surface area contributed by atoms with E-state index in [1.54, 1.807) is 0 Å². The number of nitrogens with zero attached hydrogens (tertiary/aromatic N) is 1. The van der Waals surface area contributed by atoms with Gasteiger partial charge in [0.1, 0.15) is 0 Å². The highest BCUT2D eigenvalue weighted by Crippen LogP contribution is 1.92. The quantitative estimate of drug-likeness (QED) is 0.484. The normalized spacial score (nSPS) is 13.2. The Hall–Kier alpha value is -1.25. The molecule has 1 radical (unpaired) electrons. The minimum absolute atomic E-state index is 1.17. The third kappa shape index (κ3) is 0.797. The molecule has 0 spiro atoms. The van der Waals surface area contributed by atoms with Gasteiger partial charge >= 0.3 is 7.41 Å². The minimum atomic E-state index is 1.17. The van der Waals surface area contributed by atoms with E-state index in [1.165, 1.54) is 11.0 Å². The second kappa shape index (κ2) is 2.18. The molecule has 47 valence electrons. The van der Waals surface area contributed by atoms with Crippen LogP contribution in [0.5, 0.6) is 0 Å². The Morgan fingerprint density at radius 2 is 2.20 bits per heavy atom. The Bertz CT molecular complexity index is 270. The van der Waals surface area contributed by atoms with Gasteiger partial charge in [0.05, 0.1) is 6.21 Å². The van der Waals surface area contributed by atoms with Crippen LogP contribution in [0.25, 0.3) is 0 Å². The summed E-state index contributed by atoms with van der Waals surface area (Å²) in [7, 11) is 1.88. The molecule has 0 aromatic heterocycles. The maximum Gasteiger partial charge on any atom is 0.305 e. The highest BCUT2D eigenvalue weighted by Gasteiger charge is 2.03. The van der Waals surface area contributed by atoms with E-state index in [9.17, 15) is 0 Å². The first kappa shape index (κ1) is 5.53. The van der Waals surface area contributed by atoms with E-state index in [-0.39, 0.29) is 0 Å². The van der Waals surface area contributed by atoms with Gasteiger partial charge in [-0.25, -0.2) is 5.10 Å². The minimum Gasteiger partial charge on any atom is -0.352 e. The van der Waals surface area contributed by atoms with Crippen LogP contribution in [-0.2, 0) is 0 Å². The molecule has 10 heavy (non-hydrogen) atoms. The number of hydrogen-bond acceptors (Lipinski definition) is 2. The zero-order valence-electron chi connectivity index (χ0n) is 5.41. The molecule has 0 unspecified atom stereocenters. The summed E-state index contributed by atoms with van der Waals surface area (Å²) in [4.78, 5) is 0. The van der Waals surface area contributed by atoms with Gasteiger partial charge in [0.15, 0.2) is 0 Å². The molecule has 0 aliphatic carbocycles. The fraction of sp³-hybridized carbons (Fsp3) is 0. The van der Waals surface area contributed by atoms with Crippen molar-refractivity contribution in [2.45, 2.75) is 0 Å². The SMILES string of the molecule is [B]1NN=Cc2ccccc21. The van der Waals surface area contributed by atoms with E-state index in [1.807, 2.05) is 37.9 Å². The van der Waals surface area contributed by atoms with Crippen molar-refractivity contribution in [3.63, 3.8) is 0 Å². The Morgan fingerprint density at radius 3 is 3.10 bits per heavy atom. The summed E-state index contributed by atoms with van der Waals surface area (Å²) in [5.74, 6) is 0. The predicted molar refractivity (Wildman–Crippen MR) is 42.6 cm³/mol. The molecule has 1 aliphatic heterocycles. The summed E-state index contributed by atoms with van der Waals surface area (Å²) in [6.45, 7) is 0. The number of rotatable bonds is 0. The molecule has 0 saturated heterocycles. The summed E-state index contributed by atoms with van der Waals surface area (Å²) in [6.07, 6.45) is 1.81. The van der Waals surface area contributed by atoms with E-state index in [0.29, 0.717) is 0 Å². The lowest BCUT2D eigenvalue weighted by molar-refractivity contribution is 1.08. The zero-order chi connectivity index (χ0) is 6.81. The summed E-state index contributed by atoms with van der Waals surface area (Å²) in [6, 6.07) is 8.10. The largest absolute Gasteiger partial charge is 0.352 e. The van der Waals surface area contributed by atoms with Gasteiger partial charge in [-0.1, -0.05) is 29.7 Å². The Morgan fingerprint density at radius 1 is 1.30 bits per heavy atom. The maximum atomic E-state index is 3.89. The van der Waals surface area contributed by atoms with Crippen LogP contribution in [0, 0.1) is 0 Å². The van der Waals surface area contributed by atoms with E-state index >= 15 is 0 Å². The van der Waals surface area contributed by atoms with E-state index in [0.717, 1.165) is 0 Å². The molecule has 3 heteroatoms. The van der Waals surface area contributed by atoms with Crippen LogP contribution in [0.1, 0.15) is 5.56 Å². The number of hydrazone groups is 1. The predicted octanol–water partition coefficient (Wildman–Crippen LogP) is -0.132. The van der Waals surface area contributed by atoms with Crippen LogP contribution in [-0.4, -0.2) is 13.6 Å². The van der Waals surface area contributed by atoms with Crippen molar-refractivity contribution in [2.24, 2.45) is 5.10 Å². The van der Waals surface area contributed by atoms with Crippen molar-refractivity contribution in [3.8, 4) is 0 Å². The summed E-state index contributed by atoms with van der Waals surface area (Å²) < 4.78 is 0. The molecular formula is C7H6BN2. The number of hydrogen-bond donors (Lipinski definition) is 1. The molecule has 1 aromatic rings. The second-order valence-electron chi connectivity index (χ2n) is 2.16. The maximum absolute atomic E-state index is 3.89. The highest BCUT2D eigenvalue weighted by molar-refractivity contribution is 6.53. The summed E-state index contributed by atoms with van der Waals surface area (Å²) in [5, 5.41) is 6.67. The molecule has 2 rings (SSSR count). The standard InChI is InChI=1S/C7H6BN2/c1-2-4-7-6(3-1)5-9-10-8-7/h1-5,10H. The average Bonchev–Trinajstić information content (AvgIpc) is 2.05. The van der Waals surface area contributed by atoms with Gasteiger partial charge in [0, 0.05) is 0 Å². The van der Waals surface area contributed by atoms with Gasteiger partial charge < -0.3 is 5.34 Å². The van der Waals surface area contributed by atoms with Gasteiger partial charge in [0.2, 0.25) is 0 Å². The van der Waals surface area contributed by atoms with E-state index in [2.05, 4.69) is 10.4 Å². The van der Waals surface area contributed by atoms with Crippen LogP contribution in [0.4, 0.5) is 0 Å². The van der Waals surface area contributed by atoms with Crippen LogP contribution >= 0.6 is 0 Å². The first-order valence-corrected chi connectivity index (χ1v) is 3.18. The van der Waals surface area contributed by atoms with Crippen LogP contribution < -0.4 is 10.8 Å². The number of nitrogens with one attached hydrogen (secondary N) is 1. The molecule has 0 amide bonds. The van der Waals surface area contributed by atoms with Crippen LogP contribution in [0.15, 0.2) is 29.4 Å². The van der Waals surface area contributed by atoms with Crippen molar-refractivity contribution >= 4 is 19.1 Å². The second-order valence-corrected chi connectivity index (χ2v) is 2.16. The zero-order valence-corrected chi connectivity index (χ0v) is 5.41. The fourth-order valence-electron chi connectivity index (χ4n) is 0.974. The molecule has 1 aromatic carbocycles. The molecule has 0 atom stereocenters. The lowest BCUT2D eigenvalue weighted by Crippen LogP contribution is -2.33. The summed E-state index contributed by atoms with van der Waals surface area (Å²) in [5.41, 5.74) is 2.36. The average molecular weight is 129 g/mol. The Balaban J connectivity index is 2.54. The molecule has 1 N–H and O–H groups in total. The first-order valence-electron chi connectivity index (χ1n) is 3.18. The monoisotopic (exact) mass is 129 g/mol. The van der Waals surface area contributed by atoms with Gasteiger partial charge in [-0.05, 0) is 5.56 Å². The van der Waals surface area contributed by atoms with Crippen molar-refractivity contribution in [3.05, 3.63) is 29.8 Å². The Labute approximate surface area is 60.2 Å². The highest BCUT2D eigenvalue weighted by atomic mass is 15.2. The molecular weight excluding hydrogens is 123 g/mol. The third-order valence-corrected chi connectivity index (χ3v) is 1.49. The van der Waals surface area contributed by atoms with Gasteiger partial charge in [-0.15, -0.1) is 0 Å². The topological polar surface area (TPSA) is 24.4 Å². The van der Waals surface area contributed by atoms with Crippen molar-refractivity contribution in [2.75, 3.05) is 0 Å². The van der Waals surface area contributed by atoms with Crippen molar-refractivity contribution in [1.29, 1.82) is 0 Å². The van der Waals surface area contributed by atoms with Gasteiger partial charge in [-0.2, -0.15) is 0 Å². The number of benzene rings is 1. The van der Waals surface area contributed by atoms with Crippen LogP contribution in [0.2, 0.25) is 0 Å². The van der Waals surface area contributed by atoms with Gasteiger partial charge in [0.25, 0.3) is 0 Å². The molecule has 1 heterocycles. The van der Waals surface area contributed by atoms with Crippen molar-refractivity contribution in [1.82, 2.24) is 5.34 Å². The third-order valence-electron chi connectivity index (χ3n) is 1.49. The van der Waals surface area contributed by atoms with E-state index in [4.69, 9.17) is 0 Å². The van der Waals surface area contributed by atoms with Gasteiger partial charge in [-0.3, -0.25) is 0 Å². The molecule has 2 nitrogen and oxygen atoms in total. The smallest absolute Gasteiger partial charge is 0.305 e. The molecule has 0 saturated carbocycles. The lowest BCUT2D eigenvalue weighted by atomic mass is 9.80. The number of fused-ring (bicyclic) bond motifs is 1. The fourth-order valence-corrected chi connectivity index (χ4v) is 0.974. The Kier molecular flexibility index (Phi) is 1.20. The molecule has 0 bridgehead atoms. The molecule has 1 aliphatic rings. The van der Waals surface area contributed by atoms with Crippen molar-refractivity contribution < 1.29 is 0 Å². The summed E-state index contributed by atoms with van der Waals surface area (Å²) >= 11 is 0. The molecule has 0 fully saturated rings. The van der Waals surface area contributed by atoms with E-state index < -0.39 is 0 Å². The first-order chi connectivity index (χ1) is 4.97. The van der Waals surface area contributed by atoms with Crippen LogP contribution in [0.3, 0.4) is 0 Å². The lowest BCUT2D eigenvalue weighted by Gasteiger charge is -2.07.